The zero-order valence-corrected chi connectivity index (χ0v) is 25.8. The summed E-state index contributed by atoms with van der Waals surface area (Å²) in [6.45, 7) is 5.46. The molecule has 7 nitrogen and oxygen atoms in total. The minimum Gasteiger partial charge on any atom is -0.505 e. The summed E-state index contributed by atoms with van der Waals surface area (Å²) in [5.41, 5.74) is -0.216. The lowest BCUT2D eigenvalue weighted by atomic mass is 9.49. The normalized spacial score (nSPS) is 29.4. The summed E-state index contributed by atoms with van der Waals surface area (Å²) < 4.78 is 15.1. The number of hydrogen-bond acceptors (Lipinski definition) is 5. The highest BCUT2D eigenvalue weighted by atomic mass is 35.5. The molecule has 9 heteroatoms. The van der Waals surface area contributed by atoms with E-state index in [1.54, 1.807) is 42.5 Å². The van der Waals surface area contributed by atoms with Crippen LogP contribution in [0.25, 0.3) is 0 Å². The van der Waals surface area contributed by atoms with Gasteiger partial charge in [-0.15, -0.1) is 0 Å². The van der Waals surface area contributed by atoms with Crippen molar-refractivity contribution in [3.8, 4) is 5.75 Å². The van der Waals surface area contributed by atoms with Crippen molar-refractivity contribution in [2.75, 3.05) is 4.90 Å². The van der Waals surface area contributed by atoms with E-state index in [2.05, 4.69) is 0 Å². The molecule has 1 N–H and O–H groups in total. The molecule has 0 bridgehead atoms. The van der Waals surface area contributed by atoms with Gasteiger partial charge in [-0.3, -0.25) is 24.1 Å². The summed E-state index contributed by atoms with van der Waals surface area (Å²) >= 11 is 6.32. The van der Waals surface area contributed by atoms with Crippen LogP contribution in [0.3, 0.4) is 0 Å². The van der Waals surface area contributed by atoms with E-state index >= 15 is 9.18 Å². The third-order valence-electron chi connectivity index (χ3n) is 10.1. The number of aromatic hydroxyl groups is 1. The molecule has 45 heavy (non-hydrogen) atoms. The van der Waals surface area contributed by atoms with Crippen molar-refractivity contribution in [1.82, 2.24) is 4.90 Å². The second-order valence-electron chi connectivity index (χ2n) is 13.5. The Balaban J connectivity index is 1.50. The number of carbonyl (C=O) groups is 4. The number of allylic oxidation sites excluding steroid dienone is 2. The van der Waals surface area contributed by atoms with Gasteiger partial charge < -0.3 is 5.11 Å². The zero-order valence-electron chi connectivity index (χ0n) is 25.0. The number of carbonyl (C=O) groups excluding carboxylic acids is 4. The Morgan fingerprint density at radius 2 is 1.62 bits per heavy atom. The van der Waals surface area contributed by atoms with Crippen LogP contribution in [-0.2, 0) is 24.6 Å². The van der Waals surface area contributed by atoms with E-state index in [0.29, 0.717) is 21.8 Å². The zero-order chi connectivity index (χ0) is 32.0. The Bertz CT molecular complexity index is 1820. The van der Waals surface area contributed by atoms with Crippen molar-refractivity contribution < 1.29 is 28.7 Å². The van der Waals surface area contributed by atoms with Crippen LogP contribution in [-0.4, -0.2) is 39.2 Å². The van der Waals surface area contributed by atoms with Gasteiger partial charge in [-0.2, -0.15) is 0 Å². The van der Waals surface area contributed by atoms with Crippen LogP contribution < -0.4 is 4.90 Å². The van der Waals surface area contributed by atoms with Crippen molar-refractivity contribution in [3.05, 3.63) is 106 Å². The fourth-order valence-electron chi connectivity index (χ4n) is 8.48. The van der Waals surface area contributed by atoms with Gasteiger partial charge in [-0.1, -0.05) is 65.7 Å². The van der Waals surface area contributed by atoms with Crippen LogP contribution in [0, 0.1) is 29.5 Å². The van der Waals surface area contributed by atoms with Crippen LogP contribution in [0.5, 0.6) is 5.75 Å². The first-order valence-corrected chi connectivity index (χ1v) is 15.5. The fourth-order valence-corrected chi connectivity index (χ4v) is 8.67. The smallest absolute Gasteiger partial charge is 0.246 e. The van der Waals surface area contributed by atoms with Gasteiger partial charge in [-0.25, -0.2) is 9.29 Å². The molecular weight excluding hydrogens is 595 g/mol. The van der Waals surface area contributed by atoms with Crippen molar-refractivity contribution >= 4 is 40.9 Å². The molecule has 230 valence electrons. The summed E-state index contributed by atoms with van der Waals surface area (Å²) in [5, 5.41) is 10.5. The number of hydrogen-bond donors (Lipinski definition) is 1. The Hall–Kier alpha value is -4.30. The van der Waals surface area contributed by atoms with E-state index in [9.17, 15) is 19.5 Å². The summed E-state index contributed by atoms with van der Waals surface area (Å²) in [6.07, 6.45) is 2.36. The Morgan fingerprint density at radius 1 is 0.889 bits per heavy atom. The van der Waals surface area contributed by atoms with Crippen LogP contribution in [0.1, 0.15) is 50.7 Å². The number of amides is 4. The molecule has 3 aromatic rings. The summed E-state index contributed by atoms with van der Waals surface area (Å²) in [6, 6.07) is 19.6. The number of imide groups is 2. The van der Waals surface area contributed by atoms with Gasteiger partial charge in [0.1, 0.15) is 0 Å². The molecule has 2 aliphatic carbocycles. The van der Waals surface area contributed by atoms with Crippen molar-refractivity contribution in [3.63, 3.8) is 0 Å². The largest absolute Gasteiger partial charge is 0.505 e. The van der Waals surface area contributed by atoms with E-state index in [1.165, 1.54) is 21.9 Å². The average molecular weight is 627 g/mol. The number of anilines is 1. The molecule has 2 aliphatic heterocycles. The van der Waals surface area contributed by atoms with E-state index in [4.69, 9.17) is 11.6 Å². The van der Waals surface area contributed by atoms with Gasteiger partial charge in [0.25, 0.3) is 0 Å². The second-order valence-corrected chi connectivity index (χ2v) is 13.9. The molecule has 7 rings (SSSR count). The van der Waals surface area contributed by atoms with Gasteiger partial charge in [0, 0.05) is 16.5 Å². The van der Waals surface area contributed by atoms with E-state index in [0.717, 1.165) is 5.57 Å². The molecule has 3 aromatic carbocycles. The number of nitrogens with zero attached hydrogens (tertiary/aromatic N) is 2. The van der Waals surface area contributed by atoms with Gasteiger partial charge in [-0.05, 0) is 81.0 Å². The lowest BCUT2D eigenvalue weighted by molar-refractivity contribution is -0.145. The topological polar surface area (TPSA) is 95.0 Å². The second kappa shape index (κ2) is 10.1. The number of rotatable bonds is 3. The first-order chi connectivity index (χ1) is 21.4. The molecule has 2 saturated heterocycles. The summed E-state index contributed by atoms with van der Waals surface area (Å²) in [7, 11) is 0. The first kappa shape index (κ1) is 29.4. The number of fused-ring (bicyclic) bond motifs is 4. The minimum absolute atomic E-state index is 0.150. The summed E-state index contributed by atoms with van der Waals surface area (Å²) in [5.74, 6) is -6.54. The van der Waals surface area contributed by atoms with Crippen molar-refractivity contribution in [1.29, 1.82) is 0 Å². The molecule has 0 radical (unpaired) electrons. The maximum atomic E-state index is 15.1. The van der Waals surface area contributed by atoms with Crippen LogP contribution >= 0.6 is 11.6 Å². The highest BCUT2D eigenvalue weighted by Crippen LogP contribution is 2.64. The molecule has 4 aliphatic rings. The maximum absolute atomic E-state index is 15.1. The Morgan fingerprint density at radius 3 is 2.29 bits per heavy atom. The molecule has 2 heterocycles. The highest BCUT2D eigenvalue weighted by molar-refractivity contribution is 6.32. The Kier molecular flexibility index (Phi) is 6.61. The first-order valence-electron chi connectivity index (χ1n) is 15.1. The van der Waals surface area contributed by atoms with Crippen LogP contribution in [0.2, 0.25) is 5.02 Å². The van der Waals surface area contributed by atoms with Crippen LogP contribution in [0.15, 0.2) is 84.4 Å². The highest BCUT2D eigenvalue weighted by Gasteiger charge is 2.70. The molecule has 1 saturated carbocycles. The molecule has 0 spiro atoms. The lowest BCUT2D eigenvalue weighted by Crippen LogP contribution is -2.53. The summed E-state index contributed by atoms with van der Waals surface area (Å²) in [4.78, 5) is 60.0. The number of phenols is 1. The molecular formula is C36H32ClFN2O5. The van der Waals surface area contributed by atoms with Crippen molar-refractivity contribution in [2.45, 2.75) is 50.5 Å². The number of halogens is 2. The van der Waals surface area contributed by atoms with Gasteiger partial charge in [0.05, 0.1) is 28.9 Å². The molecule has 3 fully saturated rings. The number of phenolic OH excluding ortho intramolecular Hbond substituents is 1. The number of likely N-dealkylation sites (tertiary alicyclic amines) is 1. The maximum Gasteiger partial charge on any atom is 0.246 e. The van der Waals surface area contributed by atoms with E-state index in [-0.39, 0.29) is 24.7 Å². The SMILES string of the molecule is CC(C)(C)N1C(=O)[C@H]2[C@H](CC=C3[C@H]2C[C@H]2C(=O)N(c4cccc(Cl)c4)C(=O)[C@@]2(c2ccccc2)[C@H]3c2ccc(O)c(F)c2)C1=O. The molecule has 0 aromatic heterocycles. The fraction of sp³-hybridized carbons (Fsp3) is 0.333. The lowest BCUT2D eigenvalue weighted by Gasteiger charge is -2.50. The molecule has 6 atom stereocenters. The van der Waals surface area contributed by atoms with Crippen LogP contribution in [0.4, 0.5) is 10.1 Å². The molecule has 4 amide bonds. The van der Waals surface area contributed by atoms with Gasteiger partial charge in [0.2, 0.25) is 23.6 Å². The predicted octanol–water partition coefficient (Wildman–Crippen LogP) is 6.15. The average Bonchev–Trinajstić information content (AvgIpc) is 3.40. The van der Waals surface area contributed by atoms with E-state index < -0.39 is 63.9 Å². The molecule has 0 unspecified atom stereocenters. The number of benzene rings is 3. The van der Waals surface area contributed by atoms with E-state index in [1.807, 2.05) is 45.0 Å². The minimum atomic E-state index is -1.51. The van der Waals surface area contributed by atoms with Gasteiger partial charge >= 0.3 is 0 Å². The third kappa shape index (κ3) is 4.07. The van der Waals surface area contributed by atoms with Crippen molar-refractivity contribution in [2.24, 2.45) is 23.7 Å². The quantitative estimate of drug-likeness (QED) is 0.278. The third-order valence-corrected chi connectivity index (χ3v) is 10.4. The standard InChI is InChI=1S/C36H32ClFN2O5/c1-35(2,3)40-31(42)24-14-13-23-25(29(24)33(40)44)18-26-32(43)39(22-11-7-10-21(37)17-22)34(45)36(26,20-8-5-4-6-9-20)30(23)19-12-15-28(41)27(38)16-19/h4-13,15-17,24-26,29-30,41H,14,18H2,1-3H3/t24-,25+,26-,29-,30-,36+/m0/s1. The predicted molar refractivity (Wildman–Crippen MR) is 166 cm³/mol. The van der Waals surface area contributed by atoms with Gasteiger partial charge in [0.15, 0.2) is 11.6 Å². The monoisotopic (exact) mass is 626 g/mol. The Labute approximate surface area is 265 Å².